The van der Waals surface area contributed by atoms with E-state index in [9.17, 15) is 14.4 Å². The lowest BCUT2D eigenvalue weighted by Crippen LogP contribution is -2.34. The van der Waals surface area contributed by atoms with E-state index in [-0.39, 0.29) is 18.1 Å². The Bertz CT molecular complexity index is 996. The van der Waals surface area contributed by atoms with E-state index in [0.717, 1.165) is 0 Å². The molecule has 0 radical (unpaired) electrons. The van der Waals surface area contributed by atoms with E-state index in [4.69, 9.17) is 9.47 Å². The highest BCUT2D eigenvalue weighted by Crippen LogP contribution is 2.28. The Morgan fingerprint density at radius 1 is 1.13 bits per heavy atom. The van der Waals surface area contributed by atoms with Gasteiger partial charge in [0.15, 0.2) is 18.1 Å². The van der Waals surface area contributed by atoms with Crippen molar-refractivity contribution >= 4 is 18.0 Å². The van der Waals surface area contributed by atoms with Gasteiger partial charge in [0, 0.05) is 26.3 Å². The average molecular weight is 428 g/mol. The summed E-state index contributed by atoms with van der Waals surface area (Å²) in [5.74, 6) is 0.198. The first kappa shape index (κ1) is 23.7. The van der Waals surface area contributed by atoms with E-state index in [1.807, 2.05) is 20.8 Å². The van der Waals surface area contributed by atoms with Crippen molar-refractivity contribution < 1.29 is 19.1 Å². The van der Waals surface area contributed by atoms with Crippen molar-refractivity contribution in [1.29, 1.82) is 0 Å². The van der Waals surface area contributed by atoms with Gasteiger partial charge in [-0.1, -0.05) is 0 Å². The van der Waals surface area contributed by atoms with Crippen molar-refractivity contribution in [3.05, 3.63) is 58.0 Å². The second kappa shape index (κ2) is 11.5. The fraction of sp³-hybridized carbons (Fsp3) is 0.364. The van der Waals surface area contributed by atoms with Crippen molar-refractivity contribution in [2.45, 2.75) is 20.8 Å². The van der Waals surface area contributed by atoms with Crippen LogP contribution in [0.5, 0.6) is 11.5 Å². The molecule has 31 heavy (non-hydrogen) atoms. The second-order valence-corrected chi connectivity index (χ2v) is 6.53. The number of benzene rings is 1. The number of nitrogens with zero attached hydrogens (tertiary/aromatic N) is 3. The van der Waals surface area contributed by atoms with E-state index < -0.39 is 11.5 Å². The number of hydrogen-bond donors (Lipinski definition) is 1. The van der Waals surface area contributed by atoms with Gasteiger partial charge < -0.3 is 18.9 Å². The zero-order chi connectivity index (χ0) is 22.8. The van der Waals surface area contributed by atoms with Gasteiger partial charge in [0.05, 0.1) is 12.8 Å². The highest BCUT2D eigenvalue weighted by molar-refractivity contribution is 5.94. The number of amides is 2. The lowest BCUT2D eigenvalue weighted by atomic mass is 10.2. The number of hydrazone groups is 1. The zero-order valence-electron chi connectivity index (χ0n) is 18.3. The van der Waals surface area contributed by atoms with Gasteiger partial charge in [0.25, 0.3) is 17.4 Å². The molecule has 1 aromatic carbocycles. The number of likely N-dealkylation sites (N-methyl/N-ethyl adjacent to an activating group) is 1. The molecular weight excluding hydrogens is 400 g/mol. The minimum absolute atomic E-state index is 0.00114. The van der Waals surface area contributed by atoms with Crippen LogP contribution in [0.2, 0.25) is 0 Å². The van der Waals surface area contributed by atoms with E-state index >= 15 is 0 Å². The smallest absolute Gasteiger partial charge is 0.276 e. The third-order valence-electron chi connectivity index (χ3n) is 4.48. The van der Waals surface area contributed by atoms with Crippen LogP contribution in [-0.2, 0) is 11.8 Å². The fourth-order valence-corrected chi connectivity index (χ4v) is 2.80. The SMILES string of the molecule is CCOc1cc(/C=N\NC(=O)c2cccn(C)c2=O)ccc1OCC(=O)N(CC)CC. The lowest BCUT2D eigenvalue weighted by molar-refractivity contribution is -0.133. The molecule has 0 saturated carbocycles. The molecule has 0 atom stereocenters. The molecule has 0 fully saturated rings. The first-order valence-electron chi connectivity index (χ1n) is 10.1. The molecule has 2 amide bonds. The molecule has 0 aliphatic heterocycles. The average Bonchev–Trinajstić information content (AvgIpc) is 2.76. The third-order valence-corrected chi connectivity index (χ3v) is 4.48. The number of pyridine rings is 1. The summed E-state index contributed by atoms with van der Waals surface area (Å²) in [5, 5.41) is 3.91. The van der Waals surface area contributed by atoms with Crippen molar-refractivity contribution in [3.8, 4) is 11.5 Å². The molecule has 1 heterocycles. The van der Waals surface area contributed by atoms with Crippen LogP contribution < -0.4 is 20.5 Å². The number of hydrogen-bond acceptors (Lipinski definition) is 6. The molecule has 1 aromatic heterocycles. The van der Waals surface area contributed by atoms with Gasteiger partial charge in [-0.05, 0) is 56.7 Å². The molecule has 1 N–H and O–H groups in total. The number of nitrogens with one attached hydrogen (secondary N) is 1. The summed E-state index contributed by atoms with van der Waals surface area (Å²) >= 11 is 0. The first-order valence-corrected chi connectivity index (χ1v) is 10.1. The molecule has 166 valence electrons. The van der Waals surface area contributed by atoms with Gasteiger partial charge in [-0.2, -0.15) is 5.10 Å². The van der Waals surface area contributed by atoms with Crippen molar-refractivity contribution in [2.24, 2.45) is 12.1 Å². The number of ether oxygens (including phenoxy) is 2. The monoisotopic (exact) mass is 428 g/mol. The van der Waals surface area contributed by atoms with Gasteiger partial charge in [0.2, 0.25) is 0 Å². The summed E-state index contributed by atoms with van der Waals surface area (Å²) in [6.45, 7) is 7.23. The number of aromatic nitrogens is 1. The van der Waals surface area contributed by atoms with Crippen molar-refractivity contribution in [3.63, 3.8) is 0 Å². The van der Waals surface area contributed by atoms with Gasteiger partial charge in [-0.3, -0.25) is 14.4 Å². The van der Waals surface area contributed by atoms with E-state index in [0.29, 0.717) is 36.8 Å². The number of carbonyl (C=O) groups excluding carboxylic acids is 2. The van der Waals surface area contributed by atoms with E-state index in [2.05, 4.69) is 10.5 Å². The van der Waals surface area contributed by atoms with Crippen LogP contribution in [-0.4, -0.2) is 53.8 Å². The fourth-order valence-electron chi connectivity index (χ4n) is 2.80. The Labute approximate surface area is 181 Å². The van der Waals surface area contributed by atoms with Crippen molar-refractivity contribution in [1.82, 2.24) is 14.9 Å². The van der Waals surface area contributed by atoms with E-state index in [1.165, 1.54) is 16.8 Å². The Kier molecular flexibility index (Phi) is 8.80. The quantitative estimate of drug-likeness (QED) is 0.459. The van der Waals surface area contributed by atoms with E-state index in [1.54, 1.807) is 42.4 Å². The predicted octanol–water partition coefficient (Wildman–Crippen LogP) is 1.80. The van der Waals surface area contributed by atoms with Crippen LogP contribution >= 0.6 is 0 Å². The molecule has 0 spiro atoms. The van der Waals surface area contributed by atoms with Crippen LogP contribution in [0.15, 0.2) is 46.4 Å². The molecular formula is C22H28N4O5. The van der Waals surface area contributed by atoms with Gasteiger partial charge >= 0.3 is 0 Å². The van der Waals surface area contributed by atoms with Crippen molar-refractivity contribution in [2.75, 3.05) is 26.3 Å². The highest BCUT2D eigenvalue weighted by atomic mass is 16.5. The molecule has 2 rings (SSSR count). The Balaban J connectivity index is 2.07. The number of rotatable bonds is 10. The van der Waals surface area contributed by atoms with Crippen LogP contribution in [0.25, 0.3) is 0 Å². The summed E-state index contributed by atoms with van der Waals surface area (Å²) < 4.78 is 12.6. The van der Waals surface area contributed by atoms with Gasteiger partial charge in [-0.25, -0.2) is 5.43 Å². The van der Waals surface area contributed by atoms with Crippen LogP contribution in [0.3, 0.4) is 0 Å². The predicted molar refractivity (Wildman–Crippen MR) is 118 cm³/mol. The normalized spacial score (nSPS) is 10.7. The molecule has 0 saturated heterocycles. The largest absolute Gasteiger partial charge is 0.490 e. The minimum atomic E-state index is -0.600. The molecule has 9 nitrogen and oxygen atoms in total. The Hall–Kier alpha value is -3.62. The van der Waals surface area contributed by atoms with Gasteiger partial charge in [-0.15, -0.1) is 0 Å². The summed E-state index contributed by atoms with van der Waals surface area (Å²) in [5.41, 5.74) is 2.58. The maximum Gasteiger partial charge on any atom is 0.276 e. The molecule has 0 aliphatic rings. The third kappa shape index (κ3) is 6.43. The standard InChI is InChI=1S/C22H28N4O5/c1-5-26(6-2)20(27)15-31-18-11-10-16(13-19(18)30-7-3)14-23-24-21(28)17-9-8-12-25(4)22(17)29/h8-14H,5-7,15H2,1-4H3,(H,24,28)/b23-14-. The van der Waals surface area contributed by atoms with Gasteiger partial charge in [0.1, 0.15) is 5.56 Å². The maximum atomic E-state index is 12.2. The maximum absolute atomic E-state index is 12.2. The molecule has 0 aliphatic carbocycles. The molecule has 2 aromatic rings. The molecule has 9 heteroatoms. The topological polar surface area (TPSA) is 102 Å². The van der Waals surface area contributed by atoms with Crippen LogP contribution in [0, 0.1) is 0 Å². The Morgan fingerprint density at radius 2 is 1.87 bits per heavy atom. The zero-order valence-corrected chi connectivity index (χ0v) is 18.3. The summed E-state index contributed by atoms with van der Waals surface area (Å²) in [4.78, 5) is 38.0. The summed E-state index contributed by atoms with van der Waals surface area (Å²) in [6.07, 6.45) is 3.00. The lowest BCUT2D eigenvalue weighted by Gasteiger charge is -2.19. The summed E-state index contributed by atoms with van der Waals surface area (Å²) in [6, 6.07) is 8.13. The summed E-state index contributed by atoms with van der Waals surface area (Å²) in [7, 11) is 1.57. The highest BCUT2D eigenvalue weighted by Gasteiger charge is 2.13. The second-order valence-electron chi connectivity index (χ2n) is 6.53. The number of carbonyl (C=O) groups is 2. The molecule has 0 bridgehead atoms. The van der Waals surface area contributed by atoms with Crippen LogP contribution in [0.1, 0.15) is 36.7 Å². The first-order chi connectivity index (χ1) is 14.9. The van der Waals surface area contributed by atoms with Crippen LogP contribution in [0.4, 0.5) is 0 Å². The minimum Gasteiger partial charge on any atom is -0.490 e. The number of aryl methyl sites for hydroxylation is 1. The molecule has 0 unspecified atom stereocenters. The Morgan fingerprint density at radius 3 is 2.55 bits per heavy atom.